The second-order valence-corrected chi connectivity index (χ2v) is 4.29. The summed E-state index contributed by atoms with van der Waals surface area (Å²) in [5.41, 5.74) is 0. The van der Waals surface area contributed by atoms with Crippen molar-refractivity contribution in [2.24, 2.45) is 5.92 Å². The molecule has 0 amide bonds. The molecule has 2 aliphatic rings. The van der Waals surface area contributed by atoms with Crippen LogP contribution in [0, 0.1) is 12.3 Å². The quantitative estimate of drug-likeness (QED) is 0.529. The highest BCUT2D eigenvalue weighted by Crippen LogP contribution is 2.34. The monoisotopic (exact) mass is 157 g/mol. The van der Waals surface area contributed by atoms with Crippen LogP contribution in [0.4, 0.5) is 0 Å². The number of hydrogen-bond acceptors (Lipinski definition) is 2. The molecule has 0 saturated carbocycles. The maximum Gasteiger partial charge on any atom is 0.0504 e. The molecule has 2 saturated heterocycles. The summed E-state index contributed by atoms with van der Waals surface area (Å²) in [6, 6.07) is 0. The fourth-order valence-corrected chi connectivity index (χ4v) is 2.93. The molecule has 0 bridgehead atoms. The molecule has 1 nitrogen and oxygen atoms in total. The van der Waals surface area contributed by atoms with Gasteiger partial charge in [0, 0.05) is 11.9 Å². The summed E-state index contributed by atoms with van der Waals surface area (Å²) >= 11 is 2.11. The van der Waals surface area contributed by atoms with Gasteiger partial charge in [-0.25, -0.2) is 0 Å². The van der Waals surface area contributed by atoms with Crippen LogP contribution in [0.5, 0.6) is 0 Å². The average Bonchev–Trinajstić information content (AvgIpc) is 2.05. The topological polar surface area (TPSA) is 9.23 Å². The fraction of sp³-hybridized carbons (Fsp3) is 0.875. The molecule has 0 N–H and O–H groups in total. The molecule has 2 aliphatic heterocycles. The van der Waals surface area contributed by atoms with Gasteiger partial charge in [0.1, 0.15) is 0 Å². The van der Waals surface area contributed by atoms with Gasteiger partial charge in [-0.3, -0.25) is 0 Å². The first-order valence-electron chi connectivity index (χ1n) is 3.98. The van der Waals surface area contributed by atoms with Gasteiger partial charge in [-0.2, -0.15) is 11.8 Å². The largest absolute Gasteiger partial charge is 0.381 e. The van der Waals surface area contributed by atoms with Gasteiger partial charge in [0.05, 0.1) is 6.61 Å². The van der Waals surface area contributed by atoms with Crippen molar-refractivity contribution in [3.05, 3.63) is 6.42 Å². The first-order valence-corrected chi connectivity index (χ1v) is 5.03. The van der Waals surface area contributed by atoms with Crippen LogP contribution in [0.1, 0.15) is 12.8 Å². The van der Waals surface area contributed by atoms with E-state index in [0.717, 1.165) is 24.4 Å². The fourth-order valence-electron chi connectivity index (χ4n) is 1.69. The molecule has 10 heavy (non-hydrogen) atoms. The number of ether oxygens (including phenoxy) is 1. The Morgan fingerprint density at radius 3 is 3.40 bits per heavy atom. The van der Waals surface area contributed by atoms with Gasteiger partial charge in [0.25, 0.3) is 0 Å². The van der Waals surface area contributed by atoms with Gasteiger partial charge >= 0.3 is 0 Å². The minimum atomic E-state index is 0.840. The van der Waals surface area contributed by atoms with Crippen molar-refractivity contribution >= 4 is 11.8 Å². The van der Waals surface area contributed by atoms with Crippen molar-refractivity contribution in [3.8, 4) is 0 Å². The Hall–Kier alpha value is 0.310. The maximum atomic E-state index is 5.41. The molecule has 0 aromatic rings. The molecule has 0 spiro atoms. The second kappa shape index (κ2) is 3.14. The van der Waals surface area contributed by atoms with Crippen LogP contribution in [0.3, 0.4) is 0 Å². The minimum Gasteiger partial charge on any atom is -0.381 e. The van der Waals surface area contributed by atoms with E-state index in [9.17, 15) is 0 Å². The molecule has 0 aromatic heterocycles. The molecule has 0 aliphatic carbocycles. The van der Waals surface area contributed by atoms with Gasteiger partial charge in [0.2, 0.25) is 0 Å². The minimum absolute atomic E-state index is 0.840. The lowest BCUT2D eigenvalue weighted by atomic mass is 9.96. The zero-order chi connectivity index (χ0) is 6.81. The summed E-state index contributed by atoms with van der Waals surface area (Å²) < 4.78 is 5.41. The SMILES string of the molecule is [CH]1CSC2CCOCC2C1. The summed E-state index contributed by atoms with van der Waals surface area (Å²) in [5.74, 6) is 2.11. The Morgan fingerprint density at radius 2 is 2.50 bits per heavy atom. The molecule has 2 fully saturated rings. The lowest BCUT2D eigenvalue weighted by Crippen LogP contribution is -2.32. The first kappa shape index (κ1) is 6.99. The Bertz CT molecular complexity index is 89.8. The van der Waals surface area contributed by atoms with E-state index < -0.39 is 0 Å². The van der Waals surface area contributed by atoms with Gasteiger partial charge in [-0.15, -0.1) is 0 Å². The summed E-state index contributed by atoms with van der Waals surface area (Å²) in [6.45, 7) is 2.00. The lowest BCUT2D eigenvalue weighted by Gasteiger charge is -2.34. The lowest BCUT2D eigenvalue weighted by molar-refractivity contribution is 0.0578. The maximum absolute atomic E-state index is 5.41. The molecule has 2 heterocycles. The van der Waals surface area contributed by atoms with E-state index in [2.05, 4.69) is 18.2 Å². The number of thioether (sulfide) groups is 1. The normalized spacial score (nSPS) is 40.8. The highest BCUT2D eigenvalue weighted by molar-refractivity contribution is 8.00. The molecule has 57 valence electrons. The first-order chi connectivity index (χ1) is 4.97. The molecule has 0 aromatic carbocycles. The summed E-state index contributed by atoms with van der Waals surface area (Å²) in [5, 5.41) is 0.916. The Morgan fingerprint density at radius 1 is 1.50 bits per heavy atom. The van der Waals surface area contributed by atoms with E-state index in [4.69, 9.17) is 4.74 Å². The molecule has 2 heteroatoms. The van der Waals surface area contributed by atoms with Gasteiger partial charge < -0.3 is 4.74 Å². The molecule has 1 radical (unpaired) electrons. The molecular weight excluding hydrogens is 144 g/mol. The van der Waals surface area contributed by atoms with Gasteiger partial charge in [0.15, 0.2) is 0 Å². The zero-order valence-corrected chi connectivity index (χ0v) is 6.90. The highest BCUT2D eigenvalue weighted by atomic mass is 32.2. The summed E-state index contributed by atoms with van der Waals surface area (Å²) in [6.07, 6.45) is 4.96. The molecular formula is C8H13OS. The third-order valence-corrected chi connectivity index (χ3v) is 3.78. The summed E-state index contributed by atoms with van der Waals surface area (Å²) in [7, 11) is 0. The van der Waals surface area contributed by atoms with Crippen LogP contribution < -0.4 is 0 Å². The highest BCUT2D eigenvalue weighted by Gasteiger charge is 2.28. The number of hydrogen-bond donors (Lipinski definition) is 0. The van der Waals surface area contributed by atoms with Gasteiger partial charge in [-0.05, 0) is 30.9 Å². The average molecular weight is 157 g/mol. The van der Waals surface area contributed by atoms with Crippen molar-refractivity contribution < 1.29 is 4.74 Å². The van der Waals surface area contributed by atoms with Crippen molar-refractivity contribution in [1.29, 1.82) is 0 Å². The van der Waals surface area contributed by atoms with Crippen LogP contribution >= 0.6 is 11.8 Å². The molecule has 2 unspecified atom stereocenters. The van der Waals surface area contributed by atoms with Crippen molar-refractivity contribution in [2.75, 3.05) is 19.0 Å². The number of rotatable bonds is 0. The second-order valence-electron chi connectivity index (χ2n) is 3.02. The van der Waals surface area contributed by atoms with Crippen LogP contribution in [-0.4, -0.2) is 24.2 Å². The van der Waals surface area contributed by atoms with Crippen LogP contribution in [0.25, 0.3) is 0 Å². The Balaban J connectivity index is 1.93. The Kier molecular flexibility index (Phi) is 2.19. The van der Waals surface area contributed by atoms with Crippen LogP contribution in [0.2, 0.25) is 0 Å². The zero-order valence-electron chi connectivity index (χ0n) is 6.08. The van der Waals surface area contributed by atoms with Crippen molar-refractivity contribution in [2.45, 2.75) is 18.1 Å². The van der Waals surface area contributed by atoms with E-state index in [-0.39, 0.29) is 0 Å². The predicted molar refractivity (Wildman–Crippen MR) is 44.1 cm³/mol. The van der Waals surface area contributed by atoms with E-state index in [1.54, 1.807) is 0 Å². The third-order valence-electron chi connectivity index (χ3n) is 2.30. The molecule has 2 atom stereocenters. The standard InChI is InChI=1S/C8H13OS/c1-2-7-6-9-4-3-8(7)10-5-1/h1,7-8H,2-6H2. The van der Waals surface area contributed by atoms with E-state index in [1.807, 2.05) is 0 Å². The van der Waals surface area contributed by atoms with Crippen molar-refractivity contribution in [3.63, 3.8) is 0 Å². The van der Waals surface area contributed by atoms with E-state index in [0.29, 0.717) is 0 Å². The molecule has 2 rings (SSSR count). The van der Waals surface area contributed by atoms with Crippen LogP contribution in [-0.2, 0) is 4.74 Å². The smallest absolute Gasteiger partial charge is 0.0504 e. The van der Waals surface area contributed by atoms with Gasteiger partial charge in [-0.1, -0.05) is 0 Å². The van der Waals surface area contributed by atoms with Crippen molar-refractivity contribution in [1.82, 2.24) is 0 Å². The Labute approximate surface area is 66.5 Å². The number of fused-ring (bicyclic) bond motifs is 1. The predicted octanol–water partition coefficient (Wildman–Crippen LogP) is 1.73. The summed E-state index contributed by atoms with van der Waals surface area (Å²) in [4.78, 5) is 0. The third kappa shape index (κ3) is 1.32. The van der Waals surface area contributed by atoms with E-state index in [1.165, 1.54) is 18.6 Å². The van der Waals surface area contributed by atoms with Crippen LogP contribution in [0.15, 0.2) is 0 Å². The van der Waals surface area contributed by atoms with E-state index >= 15 is 0 Å².